The number of anilines is 1. The number of hydrogen-bond donors (Lipinski definition) is 2. The smallest absolute Gasteiger partial charge is 0.123 e. The van der Waals surface area contributed by atoms with Crippen LogP contribution in [-0.2, 0) is 0 Å². The first-order valence-electron chi connectivity index (χ1n) is 6.78. The largest absolute Gasteiger partial charge is 0.507 e. The lowest BCUT2D eigenvalue weighted by molar-refractivity contribution is 0.481. The van der Waals surface area contributed by atoms with E-state index in [1.165, 1.54) is 5.56 Å². The van der Waals surface area contributed by atoms with Crippen molar-refractivity contribution in [2.24, 2.45) is 0 Å². The lowest BCUT2D eigenvalue weighted by Crippen LogP contribution is -2.06. The number of aromatic hydroxyl groups is 1. The molecule has 0 aromatic heterocycles. The maximum atomic E-state index is 9.92. The molecule has 0 bridgehead atoms. The highest BCUT2D eigenvalue weighted by Gasteiger charge is 2.08. The van der Waals surface area contributed by atoms with Crippen LogP contribution in [0.5, 0.6) is 5.75 Å². The first kappa shape index (κ1) is 12.5. The number of hydrogen-bond acceptors (Lipinski definition) is 2. The average Bonchev–Trinajstić information content (AvgIpc) is 2.49. The Kier molecular flexibility index (Phi) is 3.30. The molecule has 0 spiro atoms. The van der Waals surface area contributed by atoms with Gasteiger partial charge in [0.05, 0.1) is 0 Å². The Labute approximate surface area is 118 Å². The SMILES string of the molecule is CC(Nc1cccc2c(O)cccc12)c1ccccc1. The second-order valence-corrected chi connectivity index (χ2v) is 4.95. The van der Waals surface area contributed by atoms with Crippen molar-refractivity contribution < 1.29 is 5.11 Å². The number of nitrogens with one attached hydrogen (secondary N) is 1. The van der Waals surface area contributed by atoms with Crippen molar-refractivity contribution in [3.63, 3.8) is 0 Å². The molecule has 3 aromatic rings. The van der Waals surface area contributed by atoms with Gasteiger partial charge in [-0.1, -0.05) is 54.6 Å². The van der Waals surface area contributed by atoms with Gasteiger partial charge in [-0.2, -0.15) is 0 Å². The Hall–Kier alpha value is -2.48. The summed E-state index contributed by atoms with van der Waals surface area (Å²) in [4.78, 5) is 0. The third-order valence-electron chi connectivity index (χ3n) is 3.57. The molecule has 0 heterocycles. The molecule has 0 saturated heterocycles. The van der Waals surface area contributed by atoms with Gasteiger partial charge in [-0.15, -0.1) is 0 Å². The van der Waals surface area contributed by atoms with Crippen molar-refractivity contribution in [3.05, 3.63) is 72.3 Å². The maximum absolute atomic E-state index is 9.92. The minimum atomic E-state index is 0.212. The predicted octanol–water partition coefficient (Wildman–Crippen LogP) is 4.72. The summed E-state index contributed by atoms with van der Waals surface area (Å²) < 4.78 is 0. The number of phenols is 1. The predicted molar refractivity (Wildman–Crippen MR) is 84.1 cm³/mol. The zero-order valence-corrected chi connectivity index (χ0v) is 11.4. The van der Waals surface area contributed by atoms with Crippen molar-refractivity contribution in [2.75, 3.05) is 5.32 Å². The Morgan fingerprint density at radius 1 is 0.800 bits per heavy atom. The van der Waals surface area contributed by atoms with Crippen molar-refractivity contribution in [1.82, 2.24) is 0 Å². The normalized spacial score (nSPS) is 12.2. The maximum Gasteiger partial charge on any atom is 0.123 e. The van der Waals surface area contributed by atoms with Gasteiger partial charge >= 0.3 is 0 Å². The summed E-state index contributed by atoms with van der Waals surface area (Å²) in [5.41, 5.74) is 2.28. The zero-order valence-electron chi connectivity index (χ0n) is 11.4. The van der Waals surface area contributed by atoms with E-state index < -0.39 is 0 Å². The number of phenolic OH excluding ortho intramolecular Hbond substituents is 1. The zero-order chi connectivity index (χ0) is 13.9. The van der Waals surface area contributed by atoms with Gasteiger partial charge in [0.2, 0.25) is 0 Å². The van der Waals surface area contributed by atoms with Crippen LogP contribution in [0.25, 0.3) is 10.8 Å². The van der Waals surface area contributed by atoms with Crippen LogP contribution in [-0.4, -0.2) is 5.11 Å². The fourth-order valence-corrected chi connectivity index (χ4v) is 2.48. The second kappa shape index (κ2) is 5.25. The third-order valence-corrected chi connectivity index (χ3v) is 3.57. The molecule has 0 amide bonds. The first-order chi connectivity index (χ1) is 9.75. The van der Waals surface area contributed by atoms with Crippen LogP contribution in [0.3, 0.4) is 0 Å². The molecule has 3 aromatic carbocycles. The molecule has 0 saturated carbocycles. The average molecular weight is 263 g/mol. The van der Waals surface area contributed by atoms with Crippen molar-refractivity contribution in [1.29, 1.82) is 0 Å². The van der Waals surface area contributed by atoms with Crippen LogP contribution < -0.4 is 5.32 Å². The van der Waals surface area contributed by atoms with E-state index in [4.69, 9.17) is 0 Å². The number of fused-ring (bicyclic) bond motifs is 1. The summed E-state index contributed by atoms with van der Waals surface area (Å²) in [5.74, 6) is 0.318. The van der Waals surface area contributed by atoms with Gasteiger partial charge in [0.25, 0.3) is 0 Å². The van der Waals surface area contributed by atoms with Crippen molar-refractivity contribution in [3.8, 4) is 5.75 Å². The van der Waals surface area contributed by atoms with E-state index in [-0.39, 0.29) is 6.04 Å². The molecule has 100 valence electrons. The lowest BCUT2D eigenvalue weighted by Gasteiger charge is -2.17. The van der Waals surface area contributed by atoms with Gasteiger partial charge in [0, 0.05) is 22.5 Å². The highest BCUT2D eigenvalue weighted by molar-refractivity contribution is 5.97. The molecule has 2 nitrogen and oxygen atoms in total. The summed E-state index contributed by atoms with van der Waals surface area (Å²) in [5, 5.41) is 15.3. The number of benzene rings is 3. The Bertz CT molecular complexity index is 722. The van der Waals surface area contributed by atoms with E-state index >= 15 is 0 Å². The fraction of sp³-hybridized carbons (Fsp3) is 0.111. The van der Waals surface area contributed by atoms with Crippen LogP contribution in [0.15, 0.2) is 66.7 Å². The summed E-state index contributed by atoms with van der Waals surface area (Å²) in [7, 11) is 0. The summed E-state index contributed by atoms with van der Waals surface area (Å²) in [6, 6.07) is 22.1. The van der Waals surface area contributed by atoms with Crippen LogP contribution in [0.2, 0.25) is 0 Å². The van der Waals surface area contributed by atoms with E-state index in [2.05, 4.69) is 24.4 Å². The first-order valence-corrected chi connectivity index (χ1v) is 6.78. The van der Waals surface area contributed by atoms with Gasteiger partial charge < -0.3 is 10.4 Å². The quantitative estimate of drug-likeness (QED) is 0.716. The van der Waals surface area contributed by atoms with Crippen LogP contribution in [0.1, 0.15) is 18.5 Å². The molecule has 0 aliphatic rings. The number of rotatable bonds is 3. The molecule has 0 fully saturated rings. The summed E-state index contributed by atoms with van der Waals surface area (Å²) in [6.07, 6.45) is 0. The van der Waals surface area contributed by atoms with E-state index in [1.54, 1.807) is 6.07 Å². The van der Waals surface area contributed by atoms with Crippen molar-refractivity contribution in [2.45, 2.75) is 13.0 Å². The van der Waals surface area contributed by atoms with E-state index in [1.807, 2.05) is 48.5 Å². The molecule has 0 radical (unpaired) electrons. The van der Waals surface area contributed by atoms with E-state index in [9.17, 15) is 5.11 Å². The van der Waals surface area contributed by atoms with Gasteiger partial charge in [0.1, 0.15) is 5.75 Å². The molecule has 2 N–H and O–H groups in total. The molecule has 1 atom stereocenters. The van der Waals surface area contributed by atoms with Gasteiger partial charge in [0.15, 0.2) is 0 Å². The molecule has 0 aliphatic heterocycles. The highest BCUT2D eigenvalue weighted by Crippen LogP contribution is 2.31. The standard InChI is InChI=1S/C18H17NO/c1-13(14-7-3-2-4-8-14)19-17-11-5-10-16-15(17)9-6-12-18(16)20/h2-13,19-20H,1H3. The van der Waals surface area contributed by atoms with Crippen LogP contribution in [0, 0.1) is 0 Å². The fourth-order valence-electron chi connectivity index (χ4n) is 2.48. The minimum Gasteiger partial charge on any atom is -0.507 e. The topological polar surface area (TPSA) is 32.3 Å². The highest BCUT2D eigenvalue weighted by atomic mass is 16.3. The lowest BCUT2D eigenvalue weighted by atomic mass is 10.1. The van der Waals surface area contributed by atoms with E-state index in [0.717, 1.165) is 16.5 Å². The monoisotopic (exact) mass is 263 g/mol. The minimum absolute atomic E-state index is 0.212. The molecule has 0 aliphatic carbocycles. The van der Waals surface area contributed by atoms with Gasteiger partial charge in [-0.25, -0.2) is 0 Å². The Balaban J connectivity index is 1.97. The Morgan fingerprint density at radius 3 is 2.30 bits per heavy atom. The van der Waals surface area contributed by atoms with Gasteiger partial charge in [-0.3, -0.25) is 0 Å². The van der Waals surface area contributed by atoms with Crippen molar-refractivity contribution >= 4 is 16.5 Å². The van der Waals surface area contributed by atoms with Gasteiger partial charge in [-0.05, 0) is 24.6 Å². The molecule has 3 rings (SSSR count). The molecular formula is C18H17NO. The van der Waals surface area contributed by atoms with Crippen LogP contribution in [0.4, 0.5) is 5.69 Å². The third kappa shape index (κ3) is 2.32. The van der Waals surface area contributed by atoms with E-state index in [0.29, 0.717) is 5.75 Å². The molecule has 2 heteroatoms. The molecule has 20 heavy (non-hydrogen) atoms. The molecular weight excluding hydrogens is 246 g/mol. The Morgan fingerprint density at radius 2 is 1.50 bits per heavy atom. The summed E-state index contributed by atoms with van der Waals surface area (Å²) >= 11 is 0. The second-order valence-electron chi connectivity index (χ2n) is 4.95. The molecule has 1 unspecified atom stereocenters. The van der Waals surface area contributed by atoms with Crippen LogP contribution >= 0.6 is 0 Å². The summed E-state index contributed by atoms with van der Waals surface area (Å²) in [6.45, 7) is 2.14.